The molecule has 1 nitrogen and oxygen atoms in total. The molecule has 2 rings (SSSR count). The van der Waals surface area contributed by atoms with Crippen molar-refractivity contribution in [3.63, 3.8) is 0 Å². The van der Waals surface area contributed by atoms with Gasteiger partial charge in [-0.1, -0.05) is 66.4 Å². The fourth-order valence-corrected chi connectivity index (χ4v) is 2.03. The van der Waals surface area contributed by atoms with Crippen molar-refractivity contribution in [1.82, 2.24) is 0 Å². The van der Waals surface area contributed by atoms with Crippen molar-refractivity contribution in [3.8, 4) is 11.8 Å². The first-order valence-corrected chi connectivity index (χ1v) is 6.71. The molecule has 0 radical (unpaired) electrons. The van der Waals surface area contributed by atoms with Gasteiger partial charge in [0.15, 0.2) is 0 Å². The number of aliphatic hydroxyl groups excluding tert-OH is 1. The number of hydrogen-bond acceptors (Lipinski definition) is 1. The van der Waals surface area contributed by atoms with E-state index in [1.165, 1.54) is 0 Å². The van der Waals surface area contributed by atoms with Crippen LogP contribution < -0.4 is 0 Å². The molecule has 0 fully saturated rings. The van der Waals surface area contributed by atoms with Crippen LogP contribution in [0.3, 0.4) is 0 Å². The summed E-state index contributed by atoms with van der Waals surface area (Å²) in [6, 6.07) is 19.4. The van der Waals surface area contributed by atoms with Crippen LogP contribution in [-0.4, -0.2) is 5.11 Å². The fourth-order valence-electron chi connectivity index (χ4n) is 2.03. The second-order valence-electron chi connectivity index (χ2n) is 4.62. The summed E-state index contributed by atoms with van der Waals surface area (Å²) in [6.07, 6.45) is 1.87. The molecule has 0 bridgehead atoms. The summed E-state index contributed by atoms with van der Waals surface area (Å²) in [5, 5.41) is 10.4. The van der Waals surface area contributed by atoms with Crippen LogP contribution in [0, 0.1) is 17.8 Å². The Hall–Kier alpha value is -2.30. The smallest absolute Gasteiger partial charge is 0.0930 e. The second-order valence-corrected chi connectivity index (χ2v) is 4.62. The molecule has 100 valence electrons. The molecule has 0 saturated carbocycles. The molecule has 1 N–H and O–H groups in total. The lowest BCUT2D eigenvalue weighted by Crippen LogP contribution is -2.10. The molecule has 0 aliphatic rings. The van der Waals surface area contributed by atoms with E-state index >= 15 is 0 Å². The third kappa shape index (κ3) is 3.85. The number of allylic oxidation sites excluding steroid dienone is 1. The largest absolute Gasteiger partial charge is 0.387 e. The molecule has 0 heterocycles. The maximum absolute atomic E-state index is 10.4. The highest BCUT2D eigenvalue weighted by Gasteiger charge is 2.17. The van der Waals surface area contributed by atoms with Crippen LogP contribution in [0.4, 0.5) is 0 Å². The van der Waals surface area contributed by atoms with Crippen LogP contribution in [0.1, 0.15) is 23.7 Å². The van der Waals surface area contributed by atoms with Crippen molar-refractivity contribution in [2.24, 2.45) is 5.92 Å². The molecule has 0 saturated heterocycles. The van der Waals surface area contributed by atoms with Gasteiger partial charge in [0.1, 0.15) is 0 Å². The summed E-state index contributed by atoms with van der Waals surface area (Å²) < 4.78 is 0. The highest BCUT2D eigenvalue weighted by molar-refractivity contribution is 5.35. The van der Waals surface area contributed by atoms with Crippen LogP contribution in [0.2, 0.25) is 0 Å². The maximum atomic E-state index is 10.4. The van der Waals surface area contributed by atoms with Gasteiger partial charge in [-0.15, -0.1) is 6.58 Å². The molecule has 0 spiro atoms. The molecule has 0 aliphatic heterocycles. The molecule has 2 aromatic rings. The zero-order chi connectivity index (χ0) is 14.2. The minimum atomic E-state index is -0.592. The van der Waals surface area contributed by atoms with Gasteiger partial charge in [-0.2, -0.15) is 0 Å². The van der Waals surface area contributed by atoms with Crippen molar-refractivity contribution in [1.29, 1.82) is 0 Å². The zero-order valence-corrected chi connectivity index (χ0v) is 11.4. The molecule has 0 aliphatic carbocycles. The number of hydrogen-bond donors (Lipinski definition) is 1. The van der Waals surface area contributed by atoms with Crippen LogP contribution in [0.5, 0.6) is 0 Å². The lowest BCUT2D eigenvalue weighted by Gasteiger charge is -2.16. The van der Waals surface area contributed by atoms with Gasteiger partial charge in [0.2, 0.25) is 0 Å². The van der Waals surface area contributed by atoms with Crippen LogP contribution in [-0.2, 0) is 0 Å². The Balaban J connectivity index is 2.19. The average molecular weight is 262 g/mol. The average Bonchev–Trinajstić information content (AvgIpc) is 2.52. The number of aliphatic hydroxyl groups is 1. The minimum Gasteiger partial charge on any atom is -0.387 e. The molecule has 20 heavy (non-hydrogen) atoms. The number of benzene rings is 2. The SMILES string of the molecule is C=CCC(C#Cc1ccccc1)C(O)c1ccccc1. The molecule has 0 aromatic heterocycles. The third-order valence-electron chi connectivity index (χ3n) is 3.12. The van der Waals surface area contributed by atoms with Gasteiger partial charge in [-0.3, -0.25) is 0 Å². The summed E-state index contributed by atoms with van der Waals surface area (Å²) >= 11 is 0. The quantitative estimate of drug-likeness (QED) is 0.653. The lowest BCUT2D eigenvalue weighted by atomic mass is 9.93. The van der Waals surface area contributed by atoms with Gasteiger partial charge >= 0.3 is 0 Å². The first kappa shape index (κ1) is 14.1. The second kappa shape index (κ2) is 7.33. The Morgan fingerprint density at radius 3 is 2.20 bits per heavy atom. The van der Waals surface area contributed by atoms with Gasteiger partial charge in [0.25, 0.3) is 0 Å². The van der Waals surface area contributed by atoms with Gasteiger partial charge in [-0.05, 0) is 24.1 Å². The number of rotatable bonds is 4. The molecule has 2 atom stereocenters. The highest BCUT2D eigenvalue weighted by atomic mass is 16.3. The molecule has 2 aromatic carbocycles. The van der Waals surface area contributed by atoms with E-state index in [-0.39, 0.29) is 5.92 Å². The summed E-state index contributed by atoms with van der Waals surface area (Å²) in [5.74, 6) is 6.14. The van der Waals surface area contributed by atoms with E-state index < -0.39 is 6.10 Å². The van der Waals surface area contributed by atoms with Gasteiger partial charge < -0.3 is 5.11 Å². The van der Waals surface area contributed by atoms with Crippen molar-refractivity contribution in [2.75, 3.05) is 0 Å². The molecule has 0 amide bonds. The predicted molar refractivity (Wildman–Crippen MR) is 83.0 cm³/mol. The summed E-state index contributed by atoms with van der Waals surface area (Å²) in [6.45, 7) is 3.75. The van der Waals surface area contributed by atoms with E-state index in [0.717, 1.165) is 11.1 Å². The molecule has 1 heteroatoms. The Morgan fingerprint density at radius 1 is 1.00 bits per heavy atom. The summed E-state index contributed by atoms with van der Waals surface area (Å²) in [5.41, 5.74) is 1.85. The summed E-state index contributed by atoms with van der Waals surface area (Å²) in [4.78, 5) is 0. The third-order valence-corrected chi connectivity index (χ3v) is 3.12. The molecular formula is C19H18O. The normalized spacial score (nSPS) is 12.8. The topological polar surface area (TPSA) is 20.2 Å². The first-order valence-electron chi connectivity index (χ1n) is 6.71. The predicted octanol–water partition coefficient (Wildman–Crippen LogP) is 3.96. The van der Waals surface area contributed by atoms with Crippen LogP contribution in [0.15, 0.2) is 73.3 Å². The van der Waals surface area contributed by atoms with E-state index in [9.17, 15) is 5.11 Å². The van der Waals surface area contributed by atoms with Crippen molar-refractivity contribution < 1.29 is 5.11 Å². The van der Waals surface area contributed by atoms with Gasteiger partial charge in [0, 0.05) is 5.56 Å². The van der Waals surface area contributed by atoms with Crippen LogP contribution >= 0.6 is 0 Å². The Kier molecular flexibility index (Phi) is 5.17. The summed E-state index contributed by atoms with van der Waals surface area (Å²) in [7, 11) is 0. The van der Waals surface area contributed by atoms with Crippen molar-refractivity contribution in [2.45, 2.75) is 12.5 Å². The Bertz CT molecular complexity index is 590. The van der Waals surface area contributed by atoms with E-state index in [1.54, 1.807) is 6.08 Å². The maximum Gasteiger partial charge on any atom is 0.0930 e. The molecular weight excluding hydrogens is 244 g/mol. The lowest BCUT2D eigenvalue weighted by molar-refractivity contribution is 0.137. The van der Waals surface area contributed by atoms with Gasteiger partial charge in [0.05, 0.1) is 12.0 Å². The van der Waals surface area contributed by atoms with Crippen molar-refractivity contribution >= 4 is 0 Å². The minimum absolute atomic E-state index is 0.143. The van der Waals surface area contributed by atoms with Crippen molar-refractivity contribution in [3.05, 3.63) is 84.4 Å². The van der Waals surface area contributed by atoms with E-state index in [0.29, 0.717) is 6.42 Å². The zero-order valence-electron chi connectivity index (χ0n) is 11.4. The van der Waals surface area contributed by atoms with Crippen LogP contribution in [0.25, 0.3) is 0 Å². The monoisotopic (exact) mass is 262 g/mol. The van der Waals surface area contributed by atoms with E-state index in [4.69, 9.17) is 0 Å². The van der Waals surface area contributed by atoms with E-state index in [1.807, 2.05) is 60.7 Å². The Morgan fingerprint density at radius 2 is 1.60 bits per heavy atom. The Labute approximate surface area is 120 Å². The highest BCUT2D eigenvalue weighted by Crippen LogP contribution is 2.24. The van der Waals surface area contributed by atoms with E-state index in [2.05, 4.69) is 18.4 Å². The molecule has 2 unspecified atom stereocenters. The van der Waals surface area contributed by atoms with Gasteiger partial charge in [-0.25, -0.2) is 0 Å². The fraction of sp³-hybridized carbons (Fsp3) is 0.158. The standard InChI is InChI=1S/C19H18O/c1-2-9-17(15-14-16-10-5-3-6-11-16)19(20)18-12-7-4-8-13-18/h2-8,10-13,17,19-20H,1,9H2. The first-order chi connectivity index (χ1) is 9.81.